The van der Waals surface area contributed by atoms with Crippen LogP contribution in [0.4, 0.5) is 0 Å². The number of amides is 1. The standard InChI is InChI=1S/C22H26N4O2S2/c1-16-17(2)30-22-20(16)21(23-15-24-22)29-14-19(27)26-10-8-25(9-11-26)12-13-28-18-6-4-3-5-7-18/h3-7,15H,8-14H2,1-2H3. The van der Waals surface area contributed by atoms with Crippen LogP contribution in [0.2, 0.25) is 0 Å². The monoisotopic (exact) mass is 442 g/mol. The normalized spacial score (nSPS) is 14.9. The van der Waals surface area contributed by atoms with Crippen LogP contribution in [0, 0.1) is 13.8 Å². The van der Waals surface area contributed by atoms with Crippen LogP contribution in [0.5, 0.6) is 5.75 Å². The predicted octanol–water partition coefficient (Wildman–Crippen LogP) is 3.62. The Hall–Kier alpha value is -2.16. The SMILES string of the molecule is Cc1sc2ncnc(SCC(=O)N3CCN(CCOc4ccccc4)CC3)c2c1C. The maximum absolute atomic E-state index is 12.7. The molecule has 3 aromatic rings. The summed E-state index contributed by atoms with van der Waals surface area (Å²) in [7, 11) is 0. The van der Waals surface area contributed by atoms with Crippen LogP contribution in [0.3, 0.4) is 0 Å². The fraction of sp³-hybridized carbons (Fsp3) is 0.409. The number of hydrogen-bond donors (Lipinski definition) is 0. The van der Waals surface area contributed by atoms with Crippen LogP contribution in [-0.2, 0) is 4.79 Å². The highest BCUT2D eigenvalue weighted by Crippen LogP contribution is 2.34. The molecule has 1 aromatic carbocycles. The zero-order chi connectivity index (χ0) is 20.9. The van der Waals surface area contributed by atoms with Gasteiger partial charge in [-0.2, -0.15) is 0 Å². The van der Waals surface area contributed by atoms with Crippen molar-refractivity contribution in [2.75, 3.05) is 45.1 Å². The quantitative estimate of drug-likeness (QED) is 0.411. The van der Waals surface area contributed by atoms with E-state index >= 15 is 0 Å². The Kier molecular flexibility index (Phi) is 6.86. The number of aromatic nitrogens is 2. The molecule has 0 atom stereocenters. The van der Waals surface area contributed by atoms with Crippen molar-refractivity contribution < 1.29 is 9.53 Å². The number of fused-ring (bicyclic) bond motifs is 1. The van der Waals surface area contributed by atoms with E-state index in [-0.39, 0.29) is 5.91 Å². The summed E-state index contributed by atoms with van der Waals surface area (Å²) >= 11 is 3.21. The van der Waals surface area contributed by atoms with E-state index in [1.54, 1.807) is 17.7 Å². The summed E-state index contributed by atoms with van der Waals surface area (Å²) in [5.74, 6) is 1.49. The summed E-state index contributed by atoms with van der Waals surface area (Å²) in [6.07, 6.45) is 1.60. The van der Waals surface area contributed by atoms with Crippen molar-refractivity contribution in [1.29, 1.82) is 0 Å². The second kappa shape index (κ2) is 9.76. The highest BCUT2D eigenvalue weighted by atomic mass is 32.2. The third-order valence-electron chi connectivity index (χ3n) is 5.41. The Morgan fingerprint density at radius 2 is 1.90 bits per heavy atom. The smallest absolute Gasteiger partial charge is 0.233 e. The van der Waals surface area contributed by atoms with Gasteiger partial charge in [0.05, 0.1) is 5.75 Å². The minimum absolute atomic E-state index is 0.177. The first-order chi connectivity index (χ1) is 14.6. The fourth-order valence-electron chi connectivity index (χ4n) is 3.51. The number of ether oxygens (including phenoxy) is 1. The molecule has 0 bridgehead atoms. The molecular formula is C22H26N4O2S2. The van der Waals surface area contributed by atoms with E-state index < -0.39 is 0 Å². The molecule has 0 N–H and O–H groups in total. The Morgan fingerprint density at radius 1 is 1.13 bits per heavy atom. The number of aryl methyl sites for hydroxylation is 2. The van der Waals surface area contributed by atoms with Gasteiger partial charge in [-0.1, -0.05) is 30.0 Å². The number of carbonyl (C=O) groups excluding carboxylic acids is 1. The molecule has 1 fully saturated rings. The van der Waals surface area contributed by atoms with Crippen molar-refractivity contribution in [2.24, 2.45) is 0 Å². The van der Waals surface area contributed by atoms with E-state index in [0.717, 1.165) is 53.7 Å². The molecule has 8 heteroatoms. The molecular weight excluding hydrogens is 416 g/mol. The number of para-hydroxylation sites is 1. The molecule has 2 aromatic heterocycles. The molecule has 0 aliphatic carbocycles. The van der Waals surface area contributed by atoms with Gasteiger partial charge in [-0.25, -0.2) is 9.97 Å². The van der Waals surface area contributed by atoms with E-state index in [4.69, 9.17) is 4.74 Å². The molecule has 0 spiro atoms. The summed E-state index contributed by atoms with van der Waals surface area (Å²) in [6.45, 7) is 9.04. The van der Waals surface area contributed by atoms with Crippen molar-refractivity contribution in [3.63, 3.8) is 0 Å². The number of thiophene rings is 1. The highest BCUT2D eigenvalue weighted by molar-refractivity contribution is 8.00. The highest BCUT2D eigenvalue weighted by Gasteiger charge is 2.22. The van der Waals surface area contributed by atoms with E-state index in [1.165, 1.54) is 22.2 Å². The lowest BCUT2D eigenvalue weighted by atomic mass is 10.2. The minimum atomic E-state index is 0.177. The van der Waals surface area contributed by atoms with Crippen molar-refractivity contribution in [3.05, 3.63) is 47.1 Å². The van der Waals surface area contributed by atoms with Crippen molar-refractivity contribution in [3.8, 4) is 5.75 Å². The van der Waals surface area contributed by atoms with Gasteiger partial charge in [-0.05, 0) is 31.5 Å². The van der Waals surface area contributed by atoms with Crippen LogP contribution < -0.4 is 4.74 Å². The second-order valence-corrected chi connectivity index (χ2v) is 9.48. The molecule has 3 heterocycles. The van der Waals surface area contributed by atoms with E-state index in [2.05, 4.69) is 28.7 Å². The van der Waals surface area contributed by atoms with Crippen LogP contribution >= 0.6 is 23.1 Å². The van der Waals surface area contributed by atoms with Gasteiger partial charge < -0.3 is 9.64 Å². The van der Waals surface area contributed by atoms with Crippen LogP contribution in [0.25, 0.3) is 10.2 Å². The molecule has 30 heavy (non-hydrogen) atoms. The number of nitrogens with zero attached hydrogens (tertiary/aromatic N) is 4. The fourth-order valence-corrected chi connectivity index (χ4v) is 5.53. The van der Waals surface area contributed by atoms with E-state index in [0.29, 0.717) is 12.4 Å². The second-order valence-electron chi connectivity index (χ2n) is 7.31. The molecule has 1 aliphatic heterocycles. The Labute approximate surface area is 185 Å². The molecule has 6 nitrogen and oxygen atoms in total. The maximum atomic E-state index is 12.7. The number of piperazine rings is 1. The van der Waals surface area contributed by atoms with Gasteiger partial charge in [0.1, 0.15) is 28.5 Å². The third kappa shape index (κ3) is 4.94. The Bertz CT molecular complexity index is 1000. The number of benzene rings is 1. The lowest BCUT2D eigenvalue weighted by Crippen LogP contribution is -2.50. The summed E-state index contributed by atoms with van der Waals surface area (Å²) in [4.78, 5) is 28.1. The third-order valence-corrected chi connectivity index (χ3v) is 7.50. The summed E-state index contributed by atoms with van der Waals surface area (Å²) < 4.78 is 5.78. The van der Waals surface area contributed by atoms with Gasteiger partial charge in [0.25, 0.3) is 0 Å². The first-order valence-electron chi connectivity index (χ1n) is 10.1. The van der Waals surface area contributed by atoms with Crippen molar-refractivity contribution in [1.82, 2.24) is 19.8 Å². The van der Waals surface area contributed by atoms with Gasteiger partial charge in [0.15, 0.2) is 0 Å². The molecule has 1 amide bonds. The van der Waals surface area contributed by atoms with E-state index in [1.807, 2.05) is 35.2 Å². The topological polar surface area (TPSA) is 58.6 Å². The van der Waals surface area contributed by atoms with E-state index in [9.17, 15) is 4.79 Å². The Morgan fingerprint density at radius 3 is 2.67 bits per heavy atom. The lowest BCUT2D eigenvalue weighted by Gasteiger charge is -2.34. The van der Waals surface area contributed by atoms with Gasteiger partial charge in [-0.15, -0.1) is 11.3 Å². The molecule has 1 aliphatic rings. The number of thioether (sulfide) groups is 1. The van der Waals surface area contributed by atoms with Gasteiger partial charge in [-0.3, -0.25) is 9.69 Å². The largest absolute Gasteiger partial charge is 0.492 e. The van der Waals surface area contributed by atoms with Crippen molar-refractivity contribution in [2.45, 2.75) is 18.9 Å². The van der Waals surface area contributed by atoms with Crippen LogP contribution in [-0.4, -0.2) is 70.8 Å². The Balaban J connectivity index is 1.23. The first kappa shape index (κ1) is 21.1. The summed E-state index contributed by atoms with van der Waals surface area (Å²) in [6, 6.07) is 9.88. The van der Waals surface area contributed by atoms with Gasteiger partial charge in [0.2, 0.25) is 5.91 Å². The molecule has 158 valence electrons. The van der Waals surface area contributed by atoms with Gasteiger partial charge in [0, 0.05) is 43.0 Å². The molecule has 4 rings (SSSR count). The molecule has 1 saturated heterocycles. The minimum Gasteiger partial charge on any atom is -0.492 e. The molecule has 0 saturated carbocycles. The number of hydrogen-bond acceptors (Lipinski definition) is 7. The molecule has 0 unspecified atom stereocenters. The average Bonchev–Trinajstić information content (AvgIpc) is 3.07. The number of carbonyl (C=O) groups is 1. The number of rotatable bonds is 7. The average molecular weight is 443 g/mol. The van der Waals surface area contributed by atoms with Gasteiger partial charge >= 0.3 is 0 Å². The molecule has 0 radical (unpaired) electrons. The summed E-state index contributed by atoms with van der Waals surface area (Å²) in [5, 5.41) is 2.01. The summed E-state index contributed by atoms with van der Waals surface area (Å²) in [5.41, 5.74) is 1.22. The first-order valence-corrected chi connectivity index (χ1v) is 11.9. The zero-order valence-corrected chi connectivity index (χ0v) is 19.0. The van der Waals surface area contributed by atoms with Crippen molar-refractivity contribution >= 4 is 39.2 Å². The lowest BCUT2D eigenvalue weighted by molar-refractivity contribution is -0.130. The van der Waals surface area contributed by atoms with Crippen LogP contribution in [0.1, 0.15) is 10.4 Å². The van der Waals surface area contributed by atoms with Crippen LogP contribution in [0.15, 0.2) is 41.7 Å². The predicted molar refractivity (Wildman–Crippen MR) is 123 cm³/mol. The zero-order valence-electron chi connectivity index (χ0n) is 17.3. The maximum Gasteiger partial charge on any atom is 0.233 e.